The van der Waals surface area contributed by atoms with Crippen molar-refractivity contribution in [3.05, 3.63) is 29.8 Å². The summed E-state index contributed by atoms with van der Waals surface area (Å²) in [6.07, 6.45) is 1.11. The highest BCUT2D eigenvalue weighted by Gasteiger charge is 2.35. The molecule has 0 radical (unpaired) electrons. The Hall–Kier alpha value is -1.63. The van der Waals surface area contributed by atoms with Crippen molar-refractivity contribution in [3.8, 4) is 0 Å². The molecule has 0 saturated carbocycles. The number of amides is 1. The van der Waals surface area contributed by atoms with Gasteiger partial charge >= 0.3 is 5.97 Å². The molecule has 90 valence electrons. The molecule has 0 aliphatic carbocycles. The van der Waals surface area contributed by atoms with Gasteiger partial charge in [0.15, 0.2) is 0 Å². The molecule has 5 nitrogen and oxygen atoms in total. The lowest BCUT2D eigenvalue weighted by atomic mass is 10.2. The first-order valence-corrected chi connectivity index (χ1v) is 5.98. The molecular formula is C10H9FN2O3S. The molecule has 1 amide bonds. The first-order chi connectivity index (χ1) is 8.09. The Labute approximate surface area is 101 Å². The van der Waals surface area contributed by atoms with E-state index in [0.29, 0.717) is 11.6 Å². The highest BCUT2D eigenvalue weighted by Crippen LogP contribution is 2.23. The first kappa shape index (κ1) is 11.8. The molecule has 0 spiro atoms. The molecule has 1 atom stereocenters. The van der Waals surface area contributed by atoms with E-state index in [-0.39, 0.29) is 5.56 Å². The molecule has 1 fully saturated rings. The van der Waals surface area contributed by atoms with Crippen LogP contribution in [0.3, 0.4) is 0 Å². The zero-order valence-electron chi connectivity index (χ0n) is 8.67. The second-order valence-electron chi connectivity index (χ2n) is 3.50. The number of hydrogen-bond acceptors (Lipinski definition) is 4. The molecule has 0 unspecified atom stereocenters. The van der Waals surface area contributed by atoms with Crippen LogP contribution in [0.4, 0.5) is 4.39 Å². The number of carboxylic acids is 1. The van der Waals surface area contributed by atoms with E-state index in [0.717, 1.165) is 12.3 Å². The lowest BCUT2D eigenvalue weighted by Crippen LogP contribution is -2.41. The summed E-state index contributed by atoms with van der Waals surface area (Å²) in [6, 6.07) is 1.55. The quantitative estimate of drug-likeness (QED) is 0.793. The van der Waals surface area contributed by atoms with E-state index in [1.807, 2.05) is 0 Å². The van der Waals surface area contributed by atoms with E-state index in [1.54, 1.807) is 0 Å². The number of nitrogens with zero attached hydrogens (tertiary/aromatic N) is 2. The second kappa shape index (κ2) is 4.70. The molecule has 1 N–H and O–H groups in total. The van der Waals surface area contributed by atoms with Gasteiger partial charge in [0.1, 0.15) is 6.04 Å². The smallest absolute Gasteiger partial charge is 0.327 e. The van der Waals surface area contributed by atoms with Gasteiger partial charge in [-0.05, 0) is 12.1 Å². The van der Waals surface area contributed by atoms with Crippen LogP contribution in [0.15, 0.2) is 18.3 Å². The number of carboxylic acid groups (broad SMARTS) is 1. The van der Waals surface area contributed by atoms with Crippen molar-refractivity contribution in [1.82, 2.24) is 9.88 Å². The number of thioether (sulfide) groups is 1. The van der Waals surface area contributed by atoms with Crippen LogP contribution in [-0.4, -0.2) is 44.5 Å². The number of aromatic nitrogens is 1. The largest absolute Gasteiger partial charge is 0.480 e. The summed E-state index contributed by atoms with van der Waals surface area (Å²) >= 11 is 1.37. The Kier molecular flexibility index (Phi) is 3.28. The van der Waals surface area contributed by atoms with Gasteiger partial charge in [-0.15, -0.1) is 11.8 Å². The average molecular weight is 256 g/mol. The Balaban J connectivity index is 2.19. The predicted octanol–water partition coefficient (Wildman–Crippen LogP) is 0.820. The topological polar surface area (TPSA) is 70.5 Å². The summed E-state index contributed by atoms with van der Waals surface area (Å²) in [6.45, 7) is 0. The lowest BCUT2D eigenvalue weighted by Gasteiger charge is -2.20. The molecule has 0 aromatic carbocycles. The van der Waals surface area contributed by atoms with E-state index in [9.17, 15) is 14.0 Å². The van der Waals surface area contributed by atoms with Gasteiger partial charge in [-0.1, -0.05) is 0 Å². The highest BCUT2D eigenvalue weighted by molar-refractivity contribution is 7.99. The van der Waals surface area contributed by atoms with Crippen LogP contribution in [0.2, 0.25) is 0 Å². The lowest BCUT2D eigenvalue weighted by molar-refractivity contribution is -0.140. The minimum absolute atomic E-state index is 0.195. The number of carbonyl (C=O) groups excluding carboxylic acids is 1. The van der Waals surface area contributed by atoms with Crippen molar-refractivity contribution >= 4 is 23.6 Å². The van der Waals surface area contributed by atoms with Gasteiger partial charge in [-0.2, -0.15) is 4.39 Å². The molecule has 1 aliphatic rings. The van der Waals surface area contributed by atoms with Crippen LogP contribution in [-0.2, 0) is 4.79 Å². The molecule has 7 heteroatoms. The Morgan fingerprint density at radius 3 is 2.88 bits per heavy atom. The third kappa shape index (κ3) is 2.38. The standard InChI is InChI=1S/C10H9FN2O3S/c11-8-2-1-6(3-12-8)9(14)13-5-17-4-7(13)10(15)16/h1-3,7H,4-5H2,(H,15,16)/t7-/m0/s1. The summed E-state index contributed by atoms with van der Waals surface area (Å²) in [7, 11) is 0. The van der Waals surface area contributed by atoms with Gasteiger partial charge in [-0.25, -0.2) is 9.78 Å². The third-order valence-corrected chi connectivity index (χ3v) is 3.41. The normalized spacial score (nSPS) is 19.4. The monoisotopic (exact) mass is 256 g/mol. The average Bonchev–Trinajstić information content (AvgIpc) is 2.78. The van der Waals surface area contributed by atoms with Gasteiger partial charge in [0.25, 0.3) is 5.91 Å². The summed E-state index contributed by atoms with van der Waals surface area (Å²) < 4.78 is 12.6. The van der Waals surface area contributed by atoms with Gasteiger partial charge in [0, 0.05) is 11.9 Å². The highest BCUT2D eigenvalue weighted by atomic mass is 32.2. The zero-order chi connectivity index (χ0) is 12.4. The van der Waals surface area contributed by atoms with Crippen molar-refractivity contribution in [2.24, 2.45) is 0 Å². The fourth-order valence-electron chi connectivity index (χ4n) is 1.52. The van der Waals surface area contributed by atoms with E-state index >= 15 is 0 Å². The molecule has 1 aliphatic heterocycles. The van der Waals surface area contributed by atoms with Crippen molar-refractivity contribution in [2.45, 2.75) is 6.04 Å². The molecular weight excluding hydrogens is 247 g/mol. The minimum atomic E-state index is -1.03. The number of halogens is 1. The fourth-order valence-corrected chi connectivity index (χ4v) is 2.66. The van der Waals surface area contributed by atoms with Crippen molar-refractivity contribution in [3.63, 3.8) is 0 Å². The van der Waals surface area contributed by atoms with Gasteiger partial charge < -0.3 is 10.0 Å². The van der Waals surface area contributed by atoms with Gasteiger partial charge in [0.2, 0.25) is 5.95 Å². The van der Waals surface area contributed by atoms with Gasteiger partial charge in [-0.3, -0.25) is 4.79 Å². The van der Waals surface area contributed by atoms with Crippen LogP contribution in [0, 0.1) is 5.95 Å². The third-order valence-electron chi connectivity index (χ3n) is 2.40. The van der Waals surface area contributed by atoms with Crippen molar-refractivity contribution < 1.29 is 19.1 Å². The van der Waals surface area contributed by atoms with Crippen LogP contribution < -0.4 is 0 Å². The fraction of sp³-hybridized carbons (Fsp3) is 0.300. The number of carbonyl (C=O) groups is 2. The molecule has 1 saturated heterocycles. The van der Waals surface area contributed by atoms with Crippen LogP contribution in [0.25, 0.3) is 0 Å². The molecule has 2 heterocycles. The van der Waals surface area contributed by atoms with Crippen molar-refractivity contribution in [2.75, 3.05) is 11.6 Å². The second-order valence-corrected chi connectivity index (χ2v) is 4.50. The molecule has 1 aromatic heterocycles. The summed E-state index contributed by atoms with van der Waals surface area (Å²) in [5.41, 5.74) is 0.195. The van der Waals surface area contributed by atoms with E-state index in [4.69, 9.17) is 5.11 Å². The SMILES string of the molecule is O=C(O)[C@@H]1CSCN1C(=O)c1ccc(F)nc1. The Bertz CT molecular complexity index is 451. The molecule has 1 aromatic rings. The van der Waals surface area contributed by atoms with Crippen LogP contribution >= 0.6 is 11.8 Å². The van der Waals surface area contributed by atoms with Crippen LogP contribution in [0.5, 0.6) is 0 Å². The maximum absolute atomic E-state index is 12.6. The maximum Gasteiger partial charge on any atom is 0.327 e. The van der Waals surface area contributed by atoms with E-state index in [2.05, 4.69) is 4.98 Å². The summed E-state index contributed by atoms with van der Waals surface area (Å²) in [5, 5.41) is 8.94. The minimum Gasteiger partial charge on any atom is -0.480 e. The van der Waals surface area contributed by atoms with E-state index < -0.39 is 23.9 Å². The number of pyridine rings is 1. The molecule has 17 heavy (non-hydrogen) atoms. The van der Waals surface area contributed by atoms with Crippen molar-refractivity contribution in [1.29, 1.82) is 0 Å². The van der Waals surface area contributed by atoms with E-state index in [1.165, 1.54) is 22.7 Å². The summed E-state index contributed by atoms with van der Waals surface area (Å²) in [5.74, 6) is -1.44. The Morgan fingerprint density at radius 1 is 1.53 bits per heavy atom. The maximum atomic E-state index is 12.6. The number of hydrogen-bond donors (Lipinski definition) is 1. The molecule has 0 bridgehead atoms. The zero-order valence-corrected chi connectivity index (χ0v) is 9.48. The predicted molar refractivity (Wildman–Crippen MR) is 59.1 cm³/mol. The molecule has 2 rings (SSSR count). The Morgan fingerprint density at radius 2 is 2.29 bits per heavy atom. The number of aliphatic carboxylic acids is 1. The number of rotatable bonds is 2. The first-order valence-electron chi connectivity index (χ1n) is 4.82. The van der Waals surface area contributed by atoms with Crippen LogP contribution in [0.1, 0.15) is 10.4 Å². The van der Waals surface area contributed by atoms with Gasteiger partial charge in [0.05, 0.1) is 11.4 Å². The summed E-state index contributed by atoms with van der Waals surface area (Å²) in [4.78, 5) is 27.5.